The minimum absolute atomic E-state index is 0.0694. The Kier molecular flexibility index (Phi) is 6.29. The molecule has 2 aromatic rings. The van der Waals surface area contributed by atoms with Crippen molar-refractivity contribution in [2.45, 2.75) is 64.0 Å². The Morgan fingerprint density at radius 3 is 2.90 bits per heavy atom. The number of likely N-dealkylation sites (tertiary alicyclic amines) is 1. The number of carbonyl (C=O) groups excluding carboxylic acids is 1. The van der Waals surface area contributed by atoms with Gasteiger partial charge >= 0.3 is 0 Å². The number of aryl methyl sites for hydroxylation is 2. The van der Waals surface area contributed by atoms with Gasteiger partial charge in [0.25, 0.3) is 6.43 Å². The number of nitrogens with zero attached hydrogens (tertiary/aromatic N) is 4. The van der Waals surface area contributed by atoms with Crippen LogP contribution in [-0.4, -0.2) is 51.1 Å². The Morgan fingerprint density at radius 2 is 2.13 bits per heavy atom. The number of hydrogen-bond acceptors (Lipinski definition) is 4. The molecule has 3 atom stereocenters. The summed E-state index contributed by atoms with van der Waals surface area (Å²) in [5.41, 5.74) is 1.92. The summed E-state index contributed by atoms with van der Waals surface area (Å²) in [5.74, 6) is 0.999. The molecule has 6 nitrogen and oxygen atoms in total. The zero-order chi connectivity index (χ0) is 21.1. The fraction of sp³-hybridized carbons (Fsp3) is 0.591. The van der Waals surface area contributed by atoms with Crippen molar-refractivity contribution in [1.82, 2.24) is 19.7 Å². The lowest BCUT2D eigenvalue weighted by molar-refractivity contribution is -0.133. The van der Waals surface area contributed by atoms with Crippen molar-refractivity contribution in [1.29, 1.82) is 0 Å². The molecular formula is C22H29F2N5O. The number of hydrogen-bond donors (Lipinski definition) is 1. The molecule has 2 aliphatic heterocycles. The highest BCUT2D eigenvalue weighted by Gasteiger charge is 2.38. The first-order chi connectivity index (χ1) is 14.5. The van der Waals surface area contributed by atoms with E-state index in [0.717, 1.165) is 37.9 Å². The van der Waals surface area contributed by atoms with Crippen molar-refractivity contribution < 1.29 is 13.6 Å². The van der Waals surface area contributed by atoms with Crippen LogP contribution in [0.3, 0.4) is 0 Å². The Morgan fingerprint density at radius 1 is 1.33 bits per heavy atom. The Hall–Kier alpha value is -2.51. The fourth-order valence-corrected chi connectivity index (χ4v) is 4.72. The molecule has 0 spiro atoms. The SMILES string of the molecule is Cc1cc2n(n1)[C@@H](C(F)F)C[C@@H]([C@H]1CCCN(C(=O)CCCc3ccncc3)C1)N2. The second-order valence-corrected chi connectivity index (χ2v) is 8.45. The molecule has 0 radical (unpaired) electrons. The van der Waals surface area contributed by atoms with Crippen LogP contribution >= 0.6 is 0 Å². The van der Waals surface area contributed by atoms with Gasteiger partial charge in [0.2, 0.25) is 5.91 Å². The van der Waals surface area contributed by atoms with Crippen molar-refractivity contribution in [2.75, 3.05) is 18.4 Å². The van der Waals surface area contributed by atoms with Crippen LogP contribution in [0.25, 0.3) is 0 Å². The molecule has 0 bridgehead atoms. The van der Waals surface area contributed by atoms with Gasteiger partial charge in [0, 0.05) is 44.0 Å². The van der Waals surface area contributed by atoms with Crippen molar-refractivity contribution in [3.63, 3.8) is 0 Å². The molecule has 2 aromatic heterocycles. The van der Waals surface area contributed by atoms with E-state index < -0.39 is 12.5 Å². The van der Waals surface area contributed by atoms with Gasteiger partial charge in [-0.3, -0.25) is 9.78 Å². The summed E-state index contributed by atoms with van der Waals surface area (Å²) in [6.07, 6.45) is 5.44. The number of aromatic nitrogens is 3. The van der Waals surface area contributed by atoms with E-state index in [0.29, 0.717) is 25.2 Å². The molecule has 4 heterocycles. The van der Waals surface area contributed by atoms with Gasteiger partial charge in [-0.05, 0) is 62.6 Å². The van der Waals surface area contributed by atoms with Crippen LogP contribution in [0.5, 0.6) is 0 Å². The van der Waals surface area contributed by atoms with Crippen molar-refractivity contribution >= 4 is 11.7 Å². The maximum atomic E-state index is 13.7. The summed E-state index contributed by atoms with van der Waals surface area (Å²) >= 11 is 0. The highest BCUT2D eigenvalue weighted by atomic mass is 19.3. The monoisotopic (exact) mass is 417 g/mol. The van der Waals surface area contributed by atoms with Crippen LogP contribution in [0, 0.1) is 12.8 Å². The topological polar surface area (TPSA) is 63.1 Å². The minimum atomic E-state index is -2.46. The third-order valence-corrected chi connectivity index (χ3v) is 6.28. The standard InChI is InChI=1S/C22H29F2N5O/c1-15-12-20-26-18(13-19(22(23)24)29(20)27-15)17-5-3-11-28(14-17)21(30)6-2-4-16-7-9-25-10-8-16/h7-10,12,17-19,22,26H,2-6,11,13-14H2,1H3/t17-,18-,19+/m0/s1. The number of amides is 1. The molecule has 0 saturated carbocycles. The van der Waals surface area contributed by atoms with E-state index in [1.807, 2.05) is 30.0 Å². The lowest BCUT2D eigenvalue weighted by Gasteiger charge is -2.41. The van der Waals surface area contributed by atoms with Gasteiger partial charge in [-0.1, -0.05) is 0 Å². The van der Waals surface area contributed by atoms with Gasteiger partial charge in [0.15, 0.2) is 0 Å². The van der Waals surface area contributed by atoms with E-state index in [1.165, 1.54) is 10.2 Å². The van der Waals surface area contributed by atoms with Gasteiger partial charge in [-0.2, -0.15) is 5.10 Å². The molecule has 1 amide bonds. The lowest BCUT2D eigenvalue weighted by Crippen LogP contribution is -2.48. The number of fused-ring (bicyclic) bond motifs is 1. The van der Waals surface area contributed by atoms with E-state index in [9.17, 15) is 13.6 Å². The molecule has 2 aliphatic rings. The maximum absolute atomic E-state index is 13.7. The first kappa shape index (κ1) is 20.8. The lowest BCUT2D eigenvalue weighted by atomic mass is 9.86. The predicted octanol–water partition coefficient (Wildman–Crippen LogP) is 3.84. The molecule has 4 rings (SSSR count). The zero-order valence-electron chi connectivity index (χ0n) is 17.3. The Balaban J connectivity index is 1.35. The first-order valence-corrected chi connectivity index (χ1v) is 10.8. The van der Waals surface area contributed by atoms with Crippen molar-refractivity contribution in [2.24, 2.45) is 5.92 Å². The van der Waals surface area contributed by atoms with Gasteiger partial charge in [0.1, 0.15) is 11.9 Å². The van der Waals surface area contributed by atoms with Crippen LogP contribution in [0.1, 0.15) is 49.4 Å². The minimum Gasteiger partial charge on any atom is -0.367 e. The Bertz CT molecular complexity index is 856. The number of alkyl halides is 2. The quantitative estimate of drug-likeness (QED) is 0.776. The number of rotatable bonds is 6. The van der Waals surface area contributed by atoms with E-state index in [4.69, 9.17) is 0 Å². The number of piperidine rings is 1. The molecule has 8 heteroatoms. The number of anilines is 1. The number of pyridine rings is 1. The zero-order valence-corrected chi connectivity index (χ0v) is 17.3. The molecule has 1 fully saturated rings. The van der Waals surface area contributed by atoms with Gasteiger partial charge in [-0.15, -0.1) is 0 Å². The smallest absolute Gasteiger partial charge is 0.260 e. The maximum Gasteiger partial charge on any atom is 0.260 e. The molecule has 30 heavy (non-hydrogen) atoms. The predicted molar refractivity (Wildman–Crippen MR) is 111 cm³/mol. The van der Waals surface area contributed by atoms with Crippen molar-refractivity contribution in [3.8, 4) is 0 Å². The van der Waals surface area contributed by atoms with Crippen LogP contribution < -0.4 is 5.32 Å². The van der Waals surface area contributed by atoms with E-state index in [2.05, 4.69) is 15.4 Å². The summed E-state index contributed by atoms with van der Waals surface area (Å²) in [7, 11) is 0. The summed E-state index contributed by atoms with van der Waals surface area (Å²) < 4.78 is 28.8. The number of nitrogens with one attached hydrogen (secondary N) is 1. The molecule has 1 N–H and O–H groups in total. The molecular weight excluding hydrogens is 388 g/mol. The summed E-state index contributed by atoms with van der Waals surface area (Å²) in [6.45, 7) is 3.21. The van der Waals surface area contributed by atoms with Gasteiger partial charge < -0.3 is 10.2 Å². The fourth-order valence-electron chi connectivity index (χ4n) is 4.72. The molecule has 0 aliphatic carbocycles. The largest absolute Gasteiger partial charge is 0.367 e. The van der Waals surface area contributed by atoms with Crippen LogP contribution in [0.2, 0.25) is 0 Å². The molecule has 162 valence electrons. The Labute approximate surface area is 175 Å². The summed E-state index contributed by atoms with van der Waals surface area (Å²) in [6, 6.07) is 4.79. The van der Waals surface area contributed by atoms with Gasteiger partial charge in [-0.25, -0.2) is 13.5 Å². The molecule has 0 aromatic carbocycles. The van der Waals surface area contributed by atoms with E-state index in [1.54, 1.807) is 12.4 Å². The van der Waals surface area contributed by atoms with Crippen LogP contribution in [-0.2, 0) is 11.2 Å². The average molecular weight is 418 g/mol. The van der Waals surface area contributed by atoms with Crippen molar-refractivity contribution in [3.05, 3.63) is 41.9 Å². The van der Waals surface area contributed by atoms with Crippen LogP contribution in [0.4, 0.5) is 14.6 Å². The number of carbonyl (C=O) groups is 1. The third-order valence-electron chi connectivity index (χ3n) is 6.28. The van der Waals surface area contributed by atoms with Crippen LogP contribution in [0.15, 0.2) is 30.6 Å². The third kappa shape index (κ3) is 4.63. The normalized spacial score (nSPS) is 23.9. The molecule has 0 unspecified atom stereocenters. The second kappa shape index (κ2) is 9.10. The van der Waals surface area contributed by atoms with E-state index in [-0.39, 0.29) is 17.9 Å². The van der Waals surface area contributed by atoms with Gasteiger partial charge in [0.05, 0.1) is 5.69 Å². The van der Waals surface area contributed by atoms with E-state index >= 15 is 0 Å². The molecule has 1 saturated heterocycles. The summed E-state index contributed by atoms with van der Waals surface area (Å²) in [4.78, 5) is 18.7. The average Bonchev–Trinajstić information content (AvgIpc) is 3.13. The second-order valence-electron chi connectivity index (χ2n) is 8.45. The first-order valence-electron chi connectivity index (χ1n) is 10.8. The number of halogens is 2. The highest BCUT2D eigenvalue weighted by molar-refractivity contribution is 5.76. The highest BCUT2D eigenvalue weighted by Crippen LogP contribution is 2.36. The summed E-state index contributed by atoms with van der Waals surface area (Å²) in [5, 5.41) is 7.66.